The molecule has 4 unspecified atom stereocenters. The number of hydrogen-bond acceptors (Lipinski definition) is 2. The molecule has 2 nitrogen and oxygen atoms in total. The number of aromatic hydroxyl groups is 1. The first kappa shape index (κ1) is 14.4. The molecule has 2 aliphatic rings. The molecule has 110 valence electrons. The lowest BCUT2D eigenvalue weighted by molar-refractivity contribution is 0.180. The molecule has 2 saturated carbocycles. The van der Waals surface area contributed by atoms with Gasteiger partial charge in [-0.2, -0.15) is 0 Å². The quantitative estimate of drug-likeness (QED) is 0.868. The van der Waals surface area contributed by atoms with Gasteiger partial charge in [-0.15, -0.1) is 0 Å². The van der Waals surface area contributed by atoms with E-state index in [2.05, 4.69) is 34.8 Å². The van der Waals surface area contributed by atoms with Crippen molar-refractivity contribution < 1.29 is 5.11 Å². The maximum Gasteiger partial charge on any atom is 0.120 e. The highest BCUT2D eigenvalue weighted by Crippen LogP contribution is 2.48. The van der Waals surface area contributed by atoms with Crippen molar-refractivity contribution >= 4 is 15.9 Å². The molecule has 3 heteroatoms. The molecule has 0 radical (unpaired) electrons. The predicted molar refractivity (Wildman–Crippen MR) is 85.8 cm³/mol. The molecule has 0 aromatic heterocycles. The number of rotatable bonds is 4. The van der Waals surface area contributed by atoms with E-state index in [1.54, 1.807) is 6.07 Å². The number of benzene rings is 1. The van der Waals surface area contributed by atoms with E-state index < -0.39 is 0 Å². The van der Waals surface area contributed by atoms with Crippen LogP contribution in [0.1, 0.15) is 44.2 Å². The van der Waals surface area contributed by atoms with Gasteiger partial charge in [0, 0.05) is 22.6 Å². The van der Waals surface area contributed by atoms with Crippen molar-refractivity contribution in [3.8, 4) is 5.75 Å². The van der Waals surface area contributed by atoms with E-state index in [9.17, 15) is 5.11 Å². The van der Waals surface area contributed by atoms with Crippen LogP contribution in [0.3, 0.4) is 0 Å². The molecule has 0 amide bonds. The van der Waals surface area contributed by atoms with Crippen molar-refractivity contribution in [2.24, 2.45) is 17.8 Å². The van der Waals surface area contributed by atoms with Gasteiger partial charge in [0.1, 0.15) is 5.75 Å². The van der Waals surface area contributed by atoms with Gasteiger partial charge in [0.05, 0.1) is 0 Å². The van der Waals surface area contributed by atoms with Gasteiger partial charge in [0.15, 0.2) is 0 Å². The molecule has 20 heavy (non-hydrogen) atoms. The van der Waals surface area contributed by atoms with Crippen molar-refractivity contribution in [2.75, 3.05) is 13.6 Å². The van der Waals surface area contributed by atoms with Crippen LogP contribution >= 0.6 is 15.9 Å². The number of halogens is 1. The van der Waals surface area contributed by atoms with Gasteiger partial charge in [-0.3, -0.25) is 4.90 Å². The van der Waals surface area contributed by atoms with Gasteiger partial charge < -0.3 is 5.11 Å². The molecule has 3 rings (SSSR count). The lowest BCUT2D eigenvalue weighted by Gasteiger charge is -2.31. The van der Waals surface area contributed by atoms with Crippen LogP contribution in [0.25, 0.3) is 0 Å². The standard InChI is InChI=1S/C17H24BrNO/c1-11(16-9-15(18)5-6-17(16)20)19(2)10-14-8-12-3-4-13(14)7-12/h5-6,9,11-14,20H,3-4,7-8,10H2,1-2H3. The van der Waals surface area contributed by atoms with Crippen LogP contribution in [-0.2, 0) is 0 Å². The summed E-state index contributed by atoms with van der Waals surface area (Å²) < 4.78 is 1.03. The summed E-state index contributed by atoms with van der Waals surface area (Å²) in [6.07, 6.45) is 5.80. The normalized spacial score (nSPS) is 30.1. The van der Waals surface area contributed by atoms with Crippen LogP contribution in [0.2, 0.25) is 0 Å². The Morgan fingerprint density at radius 3 is 2.80 bits per heavy atom. The second-order valence-electron chi connectivity index (χ2n) is 6.75. The molecular weight excluding hydrogens is 314 g/mol. The van der Waals surface area contributed by atoms with Gasteiger partial charge in [-0.05, 0) is 69.2 Å². The van der Waals surface area contributed by atoms with Crippen LogP contribution < -0.4 is 0 Å². The molecule has 0 aliphatic heterocycles. The van der Waals surface area contributed by atoms with Crippen LogP contribution in [0, 0.1) is 17.8 Å². The Kier molecular flexibility index (Phi) is 4.09. The predicted octanol–water partition coefficient (Wildman–Crippen LogP) is 4.58. The molecule has 1 aromatic carbocycles. The third-order valence-electron chi connectivity index (χ3n) is 5.51. The Morgan fingerprint density at radius 2 is 2.15 bits per heavy atom. The Hall–Kier alpha value is -0.540. The lowest BCUT2D eigenvalue weighted by atomic mass is 9.88. The highest BCUT2D eigenvalue weighted by molar-refractivity contribution is 9.10. The van der Waals surface area contributed by atoms with Gasteiger partial charge in [0.2, 0.25) is 0 Å². The topological polar surface area (TPSA) is 23.5 Å². The molecule has 0 heterocycles. The van der Waals surface area contributed by atoms with E-state index in [1.165, 1.54) is 25.7 Å². The van der Waals surface area contributed by atoms with Crippen molar-refractivity contribution in [3.05, 3.63) is 28.2 Å². The molecule has 0 saturated heterocycles. The first-order valence-corrected chi connectivity index (χ1v) is 8.52. The van der Waals surface area contributed by atoms with Crippen molar-refractivity contribution in [2.45, 2.75) is 38.6 Å². The number of phenols is 1. The fraction of sp³-hybridized carbons (Fsp3) is 0.647. The average Bonchev–Trinajstić information content (AvgIpc) is 3.03. The van der Waals surface area contributed by atoms with Crippen LogP contribution in [0.4, 0.5) is 0 Å². The molecule has 0 spiro atoms. The second kappa shape index (κ2) is 5.69. The van der Waals surface area contributed by atoms with E-state index in [4.69, 9.17) is 0 Å². The van der Waals surface area contributed by atoms with E-state index in [0.29, 0.717) is 5.75 Å². The number of fused-ring (bicyclic) bond motifs is 2. The Morgan fingerprint density at radius 1 is 1.35 bits per heavy atom. The Labute approximate surface area is 130 Å². The minimum Gasteiger partial charge on any atom is -0.508 e. The van der Waals surface area contributed by atoms with Gasteiger partial charge in [-0.25, -0.2) is 0 Å². The number of hydrogen-bond donors (Lipinski definition) is 1. The number of phenolic OH excluding ortho intramolecular Hbond substituents is 1. The Bertz CT molecular complexity index is 490. The van der Waals surface area contributed by atoms with Crippen molar-refractivity contribution in [1.29, 1.82) is 0 Å². The lowest BCUT2D eigenvalue weighted by Crippen LogP contribution is -2.31. The number of nitrogens with zero attached hydrogens (tertiary/aromatic N) is 1. The zero-order chi connectivity index (χ0) is 14.3. The molecule has 2 aliphatic carbocycles. The monoisotopic (exact) mass is 337 g/mol. The molecule has 1 N–H and O–H groups in total. The minimum atomic E-state index is 0.256. The summed E-state index contributed by atoms with van der Waals surface area (Å²) in [5.41, 5.74) is 1.02. The third-order valence-corrected chi connectivity index (χ3v) is 6.00. The highest BCUT2D eigenvalue weighted by atomic mass is 79.9. The zero-order valence-corrected chi connectivity index (χ0v) is 13.9. The van der Waals surface area contributed by atoms with Gasteiger partial charge >= 0.3 is 0 Å². The SMILES string of the molecule is CC(c1cc(Br)ccc1O)N(C)CC1CC2CCC1C2. The first-order chi connectivity index (χ1) is 9.54. The van der Waals surface area contributed by atoms with E-state index in [1.807, 2.05) is 12.1 Å². The molecule has 2 fully saturated rings. The van der Waals surface area contributed by atoms with Crippen LogP contribution in [0.5, 0.6) is 5.75 Å². The zero-order valence-electron chi connectivity index (χ0n) is 12.3. The maximum atomic E-state index is 10.1. The minimum absolute atomic E-state index is 0.256. The third kappa shape index (κ3) is 2.75. The van der Waals surface area contributed by atoms with Gasteiger partial charge in [-0.1, -0.05) is 22.4 Å². The van der Waals surface area contributed by atoms with Crippen LogP contribution in [0.15, 0.2) is 22.7 Å². The first-order valence-electron chi connectivity index (χ1n) is 7.73. The van der Waals surface area contributed by atoms with E-state index >= 15 is 0 Å². The highest BCUT2D eigenvalue weighted by Gasteiger charge is 2.40. The largest absolute Gasteiger partial charge is 0.508 e. The summed E-state index contributed by atoms with van der Waals surface area (Å²) in [4.78, 5) is 2.41. The second-order valence-corrected chi connectivity index (χ2v) is 7.67. The summed E-state index contributed by atoms with van der Waals surface area (Å²) in [6, 6.07) is 5.96. The molecule has 2 bridgehead atoms. The maximum absolute atomic E-state index is 10.1. The summed E-state index contributed by atoms with van der Waals surface area (Å²) >= 11 is 3.50. The fourth-order valence-electron chi connectivity index (χ4n) is 4.23. The van der Waals surface area contributed by atoms with E-state index in [0.717, 1.165) is 34.3 Å². The molecule has 4 atom stereocenters. The molecule has 1 aromatic rings. The summed E-state index contributed by atoms with van der Waals surface area (Å²) in [6.45, 7) is 3.35. The summed E-state index contributed by atoms with van der Waals surface area (Å²) in [7, 11) is 2.19. The fourth-order valence-corrected chi connectivity index (χ4v) is 4.60. The van der Waals surface area contributed by atoms with Crippen molar-refractivity contribution in [3.63, 3.8) is 0 Å². The smallest absolute Gasteiger partial charge is 0.120 e. The van der Waals surface area contributed by atoms with Gasteiger partial charge in [0.25, 0.3) is 0 Å². The van der Waals surface area contributed by atoms with Crippen molar-refractivity contribution in [1.82, 2.24) is 4.90 Å². The summed E-state index contributed by atoms with van der Waals surface area (Å²) in [5.74, 6) is 3.25. The summed E-state index contributed by atoms with van der Waals surface area (Å²) in [5, 5.41) is 10.1. The Balaban J connectivity index is 1.67. The van der Waals surface area contributed by atoms with E-state index in [-0.39, 0.29) is 6.04 Å². The molecular formula is C17H24BrNO. The average molecular weight is 338 g/mol. The van der Waals surface area contributed by atoms with Crippen LogP contribution in [-0.4, -0.2) is 23.6 Å².